The molecule has 1 N–H and O–H groups in total. The predicted octanol–water partition coefficient (Wildman–Crippen LogP) is 3.28. The Morgan fingerprint density at radius 2 is 1.81 bits per heavy atom. The van der Waals surface area contributed by atoms with E-state index in [1.165, 1.54) is 18.6 Å². The molecule has 0 aliphatic heterocycles. The number of anilines is 1. The number of nitrogens with one attached hydrogen (secondary N) is 1. The predicted molar refractivity (Wildman–Crippen MR) is 123 cm³/mol. The molecule has 1 heterocycles. The average Bonchev–Trinajstić information content (AvgIpc) is 2.78. The number of esters is 1. The van der Waals surface area contributed by atoms with Crippen LogP contribution in [-0.4, -0.2) is 39.6 Å². The van der Waals surface area contributed by atoms with Gasteiger partial charge in [0, 0.05) is 24.7 Å². The van der Waals surface area contributed by atoms with Crippen molar-refractivity contribution >= 4 is 46.0 Å². The summed E-state index contributed by atoms with van der Waals surface area (Å²) in [5, 5.41) is 2.91. The van der Waals surface area contributed by atoms with Crippen LogP contribution in [0.25, 0.3) is 10.9 Å². The number of para-hydroxylation sites is 1. The van der Waals surface area contributed by atoms with E-state index in [0.717, 1.165) is 11.8 Å². The molecule has 1 atom stereocenters. The maximum absolute atomic E-state index is 13.0. The van der Waals surface area contributed by atoms with Crippen molar-refractivity contribution in [2.75, 3.05) is 12.4 Å². The minimum atomic E-state index is -0.543. The van der Waals surface area contributed by atoms with Crippen molar-refractivity contribution in [3.05, 3.63) is 64.4 Å². The SMILES string of the molecule is COC(=O)CCn1c(S[C@H](C)C(=O)c2ccc(NC(C)=O)cc2)nc2ccccc2c1=O. The van der Waals surface area contributed by atoms with Gasteiger partial charge in [-0.3, -0.25) is 23.7 Å². The molecule has 0 saturated carbocycles. The number of nitrogens with zero attached hydrogens (tertiary/aromatic N) is 2. The summed E-state index contributed by atoms with van der Waals surface area (Å²) in [5.41, 5.74) is 1.32. The van der Waals surface area contributed by atoms with Gasteiger partial charge in [0.1, 0.15) is 0 Å². The van der Waals surface area contributed by atoms with Gasteiger partial charge in [-0.15, -0.1) is 0 Å². The minimum absolute atomic E-state index is 0.0108. The number of benzene rings is 2. The largest absolute Gasteiger partial charge is 0.469 e. The molecule has 32 heavy (non-hydrogen) atoms. The third kappa shape index (κ3) is 5.42. The molecule has 0 saturated heterocycles. The molecule has 0 bridgehead atoms. The Labute approximate surface area is 189 Å². The van der Waals surface area contributed by atoms with Crippen LogP contribution in [0.15, 0.2) is 58.5 Å². The maximum atomic E-state index is 13.0. The van der Waals surface area contributed by atoms with Crippen molar-refractivity contribution in [3.8, 4) is 0 Å². The second-order valence-corrected chi connectivity index (χ2v) is 8.39. The number of hydrogen-bond donors (Lipinski definition) is 1. The molecule has 0 radical (unpaired) electrons. The van der Waals surface area contributed by atoms with E-state index in [1.807, 2.05) is 0 Å². The van der Waals surface area contributed by atoms with Gasteiger partial charge in [0.25, 0.3) is 5.56 Å². The molecular weight excluding hydrogens is 430 g/mol. The zero-order valence-corrected chi connectivity index (χ0v) is 18.8. The molecule has 0 aliphatic carbocycles. The number of amides is 1. The van der Waals surface area contributed by atoms with Crippen molar-refractivity contribution in [1.29, 1.82) is 0 Å². The lowest BCUT2D eigenvalue weighted by Crippen LogP contribution is -2.26. The standard InChI is InChI=1S/C23H23N3O5S/c1-14(21(29)16-8-10-17(11-9-16)24-15(2)27)32-23-25-19-7-5-4-6-18(19)22(30)26(23)13-12-20(28)31-3/h4-11,14H,12-13H2,1-3H3,(H,24,27)/t14-/m1/s1. The fourth-order valence-electron chi connectivity index (χ4n) is 3.11. The number of ether oxygens (including phenoxy) is 1. The highest BCUT2D eigenvalue weighted by Crippen LogP contribution is 2.26. The average molecular weight is 454 g/mol. The summed E-state index contributed by atoms with van der Waals surface area (Å²) in [7, 11) is 1.29. The Morgan fingerprint density at radius 3 is 2.47 bits per heavy atom. The number of ketones is 1. The van der Waals surface area contributed by atoms with E-state index in [2.05, 4.69) is 15.0 Å². The van der Waals surface area contributed by atoms with E-state index < -0.39 is 11.2 Å². The van der Waals surface area contributed by atoms with Gasteiger partial charge < -0.3 is 10.1 Å². The zero-order chi connectivity index (χ0) is 23.3. The summed E-state index contributed by atoms with van der Waals surface area (Å²) < 4.78 is 6.10. The van der Waals surface area contributed by atoms with Gasteiger partial charge in [-0.1, -0.05) is 23.9 Å². The quantitative estimate of drug-likeness (QED) is 0.241. The number of thioether (sulfide) groups is 1. The molecule has 3 aromatic rings. The molecule has 0 fully saturated rings. The second kappa shape index (κ2) is 10.2. The molecular formula is C23H23N3O5S. The first kappa shape index (κ1) is 23.2. The first-order chi connectivity index (χ1) is 15.3. The molecule has 9 heteroatoms. The number of rotatable bonds is 8. The molecule has 0 aliphatic rings. The normalized spacial score (nSPS) is 11.7. The Morgan fingerprint density at radius 1 is 1.12 bits per heavy atom. The van der Waals surface area contributed by atoms with Gasteiger partial charge in [-0.25, -0.2) is 4.98 Å². The first-order valence-electron chi connectivity index (χ1n) is 9.95. The van der Waals surface area contributed by atoms with E-state index >= 15 is 0 Å². The molecule has 1 aromatic heterocycles. The topological polar surface area (TPSA) is 107 Å². The third-order valence-electron chi connectivity index (χ3n) is 4.74. The summed E-state index contributed by atoms with van der Waals surface area (Å²) in [6.07, 6.45) is 0.0108. The van der Waals surface area contributed by atoms with E-state index in [-0.39, 0.29) is 30.2 Å². The van der Waals surface area contributed by atoms with Crippen LogP contribution in [0, 0.1) is 0 Å². The summed E-state index contributed by atoms with van der Waals surface area (Å²) in [6, 6.07) is 13.6. The Bertz CT molecular complexity index is 1220. The lowest BCUT2D eigenvalue weighted by molar-refractivity contribution is -0.140. The van der Waals surface area contributed by atoms with E-state index in [1.54, 1.807) is 55.5 Å². The number of fused-ring (bicyclic) bond motifs is 1. The third-order valence-corrected chi connectivity index (χ3v) is 5.83. The van der Waals surface area contributed by atoms with Crippen LogP contribution in [0.3, 0.4) is 0 Å². The molecule has 166 valence electrons. The van der Waals surface area contributed by atoms with E-state index in [9.17, 15) is 19.2 Å². The maximum Gasteiger partial charge on any atom is 0.307 e. The molecule has 3 rings (SSSR count). The molecule has 2 aromatic carbocycles. The van der Waals surface area contributed by atoms with Gasteiger partial charge in [0.15, 0.2) is 10.9 Å². The highest BCUT2D eigenvalue weighted by Gasteiger charge is 2.21. The minimum Gasteiger partial charge on any atom is -0.469 e. The van der Waals surface area contributed by atoms with Gasteiger partial charge in [0.2, 0.25) is 5.91 Å². The van der Waals surface area contributed by atoms with Crippen LogP contribution >= 0.6 is 11.8 Å². The van der Waals surface area contributed by atoms with Crippen LogP contribution in [-0.2, 0) is 20.9 Å². The Hall–Kier alpha value is -3.46. The van der Waals surface area contributed by atoms with Gasteiger partial charge in [-0.05, 0) is 43.3 Å². The number of hydrogen-bond acceptors (Lipinski definition) is 7. The molecule has 0 unspecified atom stereocenters. The Balaban J connectivity index is 1.88. The molecule has 1 amide bonds. The summed E-state index contributed by atoms with van der Waals surface area (Å²) in [5.74, 6) is -0.781. The number of carbonyl (C=O) groups excluding carboxylic acids is 3. The highest BCUT2D eigenvalue weighted by atomic mass is 32.2. The lowest BCUT2D eigenvalue weighted by atomic mass is 10.1. The van der Waals surface area contributed by atoms with Gasteiger partial charge in [0.05, 0.1) is 29.7 Å². The second-order valence-electron chi connectivity index (χ2n) is 7.08. The van der Waals surface area contributed by atoms with Crippen LogP contribution < -0.4 is 10.9 Å². The fraction of sp³-hybridized carbons (Fsp3) is 0.261. The number of Topliss-reactive ketones (excluding diaryl/α,β-unsaturated/α-hetero) is 1. The van der Waals surface area contributed by atoms with Crippen molar-refractivity contribution in [2.24, 2.45) is 0 Å². The fourth-order valence-corrected chi connectivity index (χ4v) is 4.12. The van der Waals surface area contributed by atoms with Gasteiger partial charge in [-0.2, -0.15) is 0 Å². The van der Waals surface area contributed by atoms with Crippen molar-refractivity contribution in [2.45, 2.75) is 37.2 Å². The lowest BCUT2D eigenvalue weighted by Gasteiger charge is -2.16. The monoisotopic (exact) mass is 453 g/mol. The van der Waals surface area contributed by atoms with E-state index in [0.29, 0.717) is 27.3 Å². The Kier molecular flexibility index (Phi) is 7.42. The zero-order valence-electron chi connectivity index (χ0n) is 18.0. The van der Waals surface area contributed by atoms with E-state index in [4.69, 9.17) is 0 Å². The highest BCUT2D eigenvalue weighted by molar-refractivity contribution is 8.00. The van der Waals surface area contributed by atoms with Crippen LogP contribution in [0.4, 0.5) is 5.69 Å². The van der Waals surface area contributed by atoms with Crippen LogP contribution in [0.1, 0.15) is 30.6 Å². The number of carbonyl (C=O) groups is 3. The van der Waals surface area contributed by atoms with Gasteiger partial charge >= 0.3 is 5.97 Å². The number of aromatic nitrogens is 2. The van der Waals surface area contributed by atoms with Crippen LogP contribution in [0.2, 0.25) is 0 Å². The molecule has 8 nitrogen and oxygen atoms in total. The van der Waals surface area contributed by atoms with Crippen molar-refractivity contribution < 1.29 is 19.1 Å². The molecule has 0 spiro atoms. The van der Waals surface area contributed by atoms with Crippen molar-refractivity contribution in [3.63, 3.8) is 0 Å². The summed E-state index contributed by atoms with van der Waals surface area (Å²) >= 11 is 1.16. The van der Waals surface area contributed by atoms with Crippen molar-refractivity contribution in [1.82, 2.24) is 9.55 Å². The summed E-state index contributed by atoms with van der Waals surface area (Å²) in [6.45, 7) is 3.24. The smallest absolute Gasteiger partial charge is 0.307 e. The first-order valence-corrected chi connectivity index (χ1v) is 10.8. The summed E-state index contributed by atoms with van der Waals surface area (Å²) in [4.78, 5) is 53.4. The number of methoxy groups -OCH3 is 1. The van der Waals surface area contributed by atoms with Crippen LogP contribution in [0.5, 0.6) is 0 Å².